The Labute approximate surface area is 172 Å². The van der Waals surface area contributed by atoms with Gasteiger partial charge in [-0.2, -0.15) is 0 Å². The van der Waals surface area contributed by atoms with E-state index in [2.05, 4.69) is 15.3 Å². The number of ether oxygens (including phenoxy) is 1. The SMILES string of the molecule is CNC(=O)[C@@H]1C[C@H](Oc2cccnc2)CN1C(=O)CCc1nc2ccccc2s1. The third-order valence-electron chi connectivity index (χ3n) is 4.96. The molecule has 0 spiro atoms. The molecule has 1 N–H and O–H groups in total. The van der Waals surface area contributed by atoms with Crippen molar-refractivity contribution < 1.29 is 14.3 Å². The Morgan fingerprint density at radius 2 is 2.14 bits per heavy atom. The molecule has 2 aromatic heterocycles. The summed E-state index contributed by atoms with van der Waals surface area (Å²) in [4.78, 5) is 35.5. The molecular formula is C21H22N4O3S. The van der Waals surface area contributed by atoms with Crippen molar-refractivity contribution in [1.29, 1.82) is 0 Å². The Kier molecular flexibility index (Phi) is 5.71. The Balaban J connectivity index is 1.42. The number of likely N-dealkylation sites (tertiary alicyclic amines) is 1. The number of benzene rings is 1. The van der Waals surface area contributed by atoms with Gasteiger partial charge in [0.2, 0.25) is 11.8 Å². The van der Waals surface area contributed by atoms with Gasteiger partial charge in [0.25, 0.3) is 0 Å². The van der Waals surface area contributed by atoms with Gasteiger partial charge in [0, 0.05) is 32.5 Å². The first kappa shape index (κ1) is 19.3. The van der Waals surface area contributed by atoms with E-state index in [1.165, 1.54) is 0 Å². The number of hydrogen-bond acceptors (Lipinski definition) is 6. The predicted molar refractivity (Wildman–Crippen MR) is 111 cm³/mol. The van der Waals surface area contributed by atoms with Crippen LogP contribution in [-0.4, -0.2) is 52.4 Å². The van der Waals surface area contributed by atoms with Crippen molar-refractivity contribution in [2.75, 3.05) is 13.6 Å². The van der Waals surface area contributed by atoms with Gasteiger partial charge in [0.1, 0.15) is 17.9 Å². The number of fused-ring (bicyclic) bond motifs is 1. The van der Waals surface area contributed by atoms with Gasteiger partial charge in [0.05, 0.1) is 28.0 Å². The maximum Gasteiger partial charge on any atom is 0.242 e. The van der Waals surface area contributed by atoms with Crippen molar-refractivity contribution in [2.24, 2.45) is 0 Å². The van der Waals surface area contributed by atoms with Crippen molar-refractivity contribution in [2.45, 2.75) is 31.4 Å². The molecule has 0 saturated carbocycles. The zero-order valence-electron chi connectivity index (χ0n) is 16.1. The number of hydrogen-bond donors (Lipinski definition) is 1. The third-order valence-corrected chi connectivity index (χ3v) is 6.06. The molecule has 1 aliphatic heterocycles. The lowest BCUT2D eigenvalue weighted by Gasteiger charge is -2.22. The van der Waals surface area contributed by atoms with Crippen LogP contribution in [0.3, 0.4) is 0 Å². The summed E-state index contributed by atoms with van der Waals surface area (Å²) < 4.78 is 7.05. The van der Waals surface area contributed by atoms with Crippen LogP contribution in [0.4, 0.5) is 0 Å². The first-order valence-electron chi connectivity index (χ1n) is 9.56. The Hall–Kier alpha value is -3.00. The first-order chi connectivity index (χ1) is 14.1. The van der Waals surface area contributed by atoms with Gasteiger partial charge in [-0.05, 0) is 24.3 Å². The fourth-order valence-corrected chi connectivity index (χ4v) is 4.53. The molecule has 8 heteroatoms. The smallest absolute Gasteiger partial charge is 0.242 e. The highest BCUT2D eigenvalue weighted by Crippen LogP contribution is 2.26. The van der Waals surface area contributed by atoms with E-state index in [1.54, 1.807) is 41.7 Å². The molecule has 1 fully saturated rings. The molecule has 2 amide bonds. The van der Waals surface area contributed by atoms with Crippen LogP contribution in [0.2, 0.25) is 0 Å². The number of rotatable bonds is 6. The first-order valence-corrected chi connectivity index (χ1v) is 10.4. The maximum absolute atomic E-state index is 12.9. The van der Waals surface area contributed by atoms with E-state index < -0.39 is 6.04 Å². The standard InChI is InChI=1S/C21H22N4O3S/c1-22-21(27)17-11-15(28-14-5-4-10-23-12-14)13-25(17)20(26)9-8-19-24-16-6-2-3-7-18(16)29-19/h2-7,10,12,15,17H,8-9,11,13H2,1H3,(H,22,27)/t15-,17-/m0/s1. The number of aryl methyl sites for hydroxylation is 1. The second-order valence-corrected chi connectivity index (χ2v) is 8.03. The normalized spacial score (nSPS) is 18.7. The lowest BCUT2D eigenvalue weighted by molar-refractivity contribution is -0.138. The monoisotopic (exact) mass is 410 g/mol. The van der Waals surface area contributed by atoms with E-state index in [0.717, 1.165) is 15.2 Å². The Bertz CT molecular complexity index is 974. The quantitative estimate of drug-likeness (QED) is 0.675. The van der Waals surface area contributed by atoms with Crippen LogP contribution in [0.1, 0.15) is 17.8 Å². The number of likely N-dealkylation sites (N-methyl/N-ethyl adjacent to an activating group) is 1. The highest BCUT2D eigenvalue weighted by molar-refractivity contribution is 7.18. The summed E-state index contributed by atoms with van der Waals surface area (Å²) in [5.74, 6) is 0.405. The molecule has 1 aromatic carbocycles. The molecule has 0 radical (unpaired) electrons. The number of nitrogens with one attached hydrogen (secondary N) is 1. The molecule has 0 unspecified atom stereocenters. The second-order valence-electron chi connectivity index (χ2n) is 6.92. The highest BCUT2D eigenvalue weighted by atomic mass is 32.1. The van der Waals surface area contributed by atoms with Crippen molar-refractivity contribution in [1.82, 2.24) is 20.2 Å². The summed E-state index contributed by atoms with van der Waals surface area (Å²) in [7, 11) is 1.58. The molecule has 7 nitrogen and oxygen atoms in total. The van der Waals surface area contributed by atoms with E-state index in [1.807, 2.05) is 30.3 Å². The Morgan fingerprint density at radius 3 is 2.90 bits per heavy atom. The average molecular weight is 410 g/mol. The minimum absolute atomic E-state index is 0.0601. The molecule has 2 atom stereocenters. The van der Waals surface area contributed by atoms with Crippen LogP contribution >= 0.6 is 11.3 Å². The number of carbonyl (C=O) groups excluding carboxylic acids is 2. The fraction of sp³-hybridized carbons (Fsp3) is 0.333. The molecule has 0 aliphatic carbocycles. The average Bonchev–Trinajstić information content (AvgIpc) is 3.36. The molecule has 0 bridgehead atoms. The largest absolute Gasteiger partial charge is 0.487 e. The van der Waals surface area contributed by atoms with Gasteiger partial charge in [-0.1, -0.05) is 12.1 Å². The van der Waals surface area contributed by atoms with Crippen LogP contribution < -0.4 is 10.1 Å². The lowest BCUT2D eigenvalue weighted by Crippen LogP contribution is -2.45. The van der Waals surface area contributed by atoms with Crippen molar-refractivity contribution in [3.63, 3.8) is 0 Å². The van der Waals surface area contributed by atoms with E-state index in [0.29, 0.717) is 31.6 Å². The van der Waals surface area contributed by atoms with Crippen LogP contribution in [0, 0.1) is 0 Å². The molecule has 150 valence electrons. The molecule has 29 heavy (non-hydrogen) atoms. The van der Waals surface area contributed by atoms with Gasteiger partial charge in [-0.15, -0.1) is 11.3 Å². The second kappa shape index (κ2) is 8.57. The summed E-state index contributed by atoms with van der Waals surface area (Å²) in [6.45, 7) is 0.381. The number of para-hydroxylation sites is 1. The molecule has 4 rings (SSSR count). The maximum atomic E-state index is 12.9. The number of aromatic nitrogens is 2. The molecule has 3 aromatic rings. The summed E-state index contributed by atoms with van der Waals surface area (Å²) in [5, 5.41) is 3.59. The number of amides is 2. The highest BCUT2D eigenvalue weighted by Gasteiger charge is 2.40. The summed E-state index contributed by atoms with van der Waals surface area (Å²) in [6, 6.07) is 11.0. The van der Waals surface area contributed by atoms with Crippen LogP contribution in [0.5, 0.6) is 5.75 Å². The molecule has 1 saturated heterocycles. The molecule has 3 heterocycles. The molecular weight excluding hydrogens is 388 g/mol. The topological polar surface area (TPSA) is 84.4 Å². The minimum atomic E-state index is -0.524. The fourth-order valence-electron chi connectivity index (χ4n) is 3.57. The minimum Gasteiger partial charge on any atom is -0.487 e. The van der Waals surface area contributed by atoms with Crippen LogP contribution in [0.15, 0.2) is 48.8 Å². The lowest BCUT2D eigenvalue weighted by atomic mass is 10.1. The number of nitrogens with zero attached hydrogens (tertiary/aromatic N) is 3. The van der Waals surface area contributed by atoms with Crippen molar-refractivity contribution in [3.05, 3.63) is 53.8 Å². The summed E-state index contributed by atoms with van der Waals surface area (Å²) >= 11 is 1.60. The number of pyridine rings is 1. The van der Waals surface area contributed by atoms with Gasteiger partial charge in [-0.25, -0.2) is 4.98 Å². The van der Waals surface area contributed by atoms with E-state index >= 15 is 0 Å². The van der Waals surface area contributed by atoms with E-state index in [-0.39, 0.29) is 17.9 Å². The van der Waals surface area contributed by atoms with Gasteiger partial charge >= 0.3 is 0 Å². The van der Waals surface area contributed by atoms with Gasteiger partial charge in [-0.3, -0.25) is 14.6 Å². The number of thiazole rings is 1. The summed E-state index contributed by atoms with van der Waals surface area (Å²) in [6.07, 6.45) is 4.39. The summed E-state index contributed by atoms with van der Waals surface area (Å²) in [5.41, 5.74) is 0.953. The van der Waals surface area contributed by atoms with Crippen molar-refractivity contribution in [3.8, 4) is 5.75 Å². The third kappa shape index (κ3) is 4.37. The van der Waals surface area contributed by atoms with Crippen LogP contribution in [0.25, 0.3) is 10.2 Å². The van der Waals surface area contributed by atoms with Crippen molar-refractivity contribution >= 4 is 33.4 Å². The molecule has 1 aliphatic rings. The zero-order chi connectivity index (χ0) is 20.2. The van der Waals surface area contributed by atoms with Crippen LogP contribution in [-0.2, 0) is 16.0 Å². The van der Waals surface area contributed by atoms with Gasteiger partial charge < -0.3 is 15.0 Å². The van der Waals surface area contributed by atoms with E-state index in [4.69, 9.17) is 4.74 Å². The predicted octanol–water partition coefficient (Wildman–Crippen LogP) is 2.42. The van der Waals surface area contributed by atoms with Gasteiger partial charge in [0.15, 0.2) is 0 Å². The van der Waals surface area contributed by atoms with E-state index in [9.17, 15) is 9.59 Å². The zero-order valence-corrected chi connectivity index (χ0v) is 16.9. The number of carbonyl (C=O) groups is 2. The Morgan fingerprint density at radius 1 is 1.28 bits per heavy atom.